The third-order valence-corrected chi connectivity index (χ3v) is 1.49. The highest BCUT2D eigenvalue weighted by molar-refractivity contribution is 5.37. The molecule has 0 saturated carbocycles. The van der Waals surface area contributed by atoms with E-state index >= 15 is 0 Å². The molecule has 14 heavy (non-hydrogen) atoms. The molecule has 1 aromatic rings. The predicted molar refractivity (Wildman–Crippen MR) is 53.2 cm³/mol. The van der Waals surface area contributed by atoms with E-state index in [1.165, 1.54) is 25.3 Å². The highest BCUT2D eigenvalue weighted by Gasteiger charge is 2.02. The Morgan fingerprint density at radius 2 is 2.07 bits per heavy atom. The maximum atomic E-state index is 12.6. The van der Waals surface area contributed by atoms with Crippen LogP contribution < -0.4 is 0 Å². The van der Waals surface area contributed by atoms with Gasteiger partial charge in [0.2, 0.25) is 0 Å². The van der Waals surface area contributed by atoms with Crippen LogP contribution in [0.3, 0.4) is 0 Å². The molecule has 76 valence electrons. The quantitative estimate of drug-likeness (QED) is 0.727. The van der Waals surface area contributed by atoms with Crippen molar-refractivity contribution in [1.29, 1.82) is 5.26 Å². The van der Waals surface area contributed by atoms with Crippen molar-refractivity contribution in [2.45, 2.75) is 20.5 Å². The average Bonchev–Trinajstić information content (AvgIpc) is 2.22. The van der Waals surface area contributed by atoms with Crippen molar-refractivity contribution < 1.29 is 9.13 Å². The molecule has 0 aliphatic rings. The lowest BCUT2D eigenvalue weighted by Crippen LogP contribution is -1.93. The van der Waals surface area contributed by atoms with Crippen LogP contribution in [0.1, 0.15) is 25.0 Å². The van der Waals surface area contributed by atoms with Gasteiger partial charge in [-0.05, 0) is 23.8 Å². The van der Waals surface area contributed by atoms with Crippen molar-refractivity contribution in [2.24, 2.45) is 0 Å². The normalized spacial score (nSPS) is 8.50. The molecule has 0 unspecified atom stereocenters. The van der Waals surface area contributed by atoms with E-state index in [-0.39, 0.29) is 12.4 Å². The van der Waals surface area contributed by atoms with Gasteiger partial charge in [0.1, 0.15) is 5.82 Å². The lowest BCUT2D eigenvalue weighted by molar-refractivity contribution is 0.184. The van der Waals surface area contributed by atoms with Gasteiger partial charge in [0.05, 0.1) is 18.2 Å². The Bertz CT molecular complexity index is 318. The Morgan fingerprint density at radius 3 is 2.57 bits per heavy atom. The van der Waals surface area contributed by atoms with Crippen LogP contribution in [0, 0.1) is 17.1 Å². The summed E-state index contributed by atoms with van der Waals surface area (Å²) in [4.78, 5) is 0. The van der Waals surface area contributed by atoms with Crippen LogP contribution in [-0.2, 0) is 11.3 Å². The molecule has 0 amide bonds. The molecule has 1 rings (SSSR count). The Morgan fingerprint density at radius 1 is 1.43 bits per heavy atom. The summed E-state index contributed by atoms with van der Waals surface area (Å²) in [6.07, 6.45) is 0. The third-order valence-electron chi connectivity index (χ3n) is 1.49. The van der Waals surface area contributed by atoms with Crippen LogP contribution in [0.4, 0.5) is 4.39 Å². The van der Waals surface area contributed by atoms with Crippen molar-refractivity contribution >= 4 is 0 Å². The van der Waals surface area contributed by atoms with E-state index in [1.807, 2.05) is 19.9 Å². The Labute approximate surface area is 83.9 Å². The predicted octanol–water partition coefficient (Wildman–Crippen LogP) is 2.87. The summed E-state index contributed by atoms with van der Waals surface area (Å²) in [7, 11) is 1.51. The number of nitrogens with zero attached hydrogens (tertiary/aromatic N) is 1. The van der Waals surface area contributed by atoms with Gasteiger partial charge in [-0.25, -0.2) is 4.39 Å². The number of hydrogen-bond donors (Lipinski definition) is 0. The number of ether oxygens (including phenoxy) is 1. The average molecular weight is 195 g/mol. The largest absolute Gasteiger partial charge is 0.380 e. The molecular weight excluding hydrogens is 181 g/mol. The second-order valence-electron chi connectivity index (χ2n) is 2.35. The molecule has 0 aromatic heterocycles. The molecule has 0 bridgehead atoms. The smallest absolute Gasteiger partial charge is 0.123 e. The maximum absolute atomic E-state index is 12.6. The van der Waals surface area contributed by atoms with E-state index in [4.69, 9.17) is 10.00 Å². The van der Waals surface area contributed by atoms with Crippen LogP contribution in [0.2, 0.25) is 0 Å². The minimum Gasteiger partial charge on any atom is -0.380 e. The van der Waals surface area contributed by atoms with E-state index in [1.54, 1.807) is 0 Å². The zero-order valence-corrected chi connectivity index (χ0v) is 8.67. The molecule has 2 nitrogen and oxygen atoms in total. The summed E-state index contributed by atoms with van der Waals surface area (Å²) in [6, 6.07) is 5.98. The van der Waals surface area contributed by atoms with Gasteiger partial charge in [0, 0.05) is 7.11 Å². The number of nitriles is 1. The summed E-state index contributed by atoms with van der Waals surface area (Å²) in [5.41, 5.74) is 1.04. The molecule has 0 fully saturated rings. The lowest BCUT2D eigenvalue weighted by Gasteiger charge is -2.01. The number of methoxy groups -OCH3 is 1. The summed E-state index contributed by atoms with van der Waals surface area (Å²) < 4.78 is 17.4. The Kier molecular flexibility index (Phi) is 6.34. The number of hydrogen-bond acceptors (Lipinski definition) is 2. The van der Waals surface area contributed by atoms with Crippen molar-refractivity contribution in [2.75, 3.05) is 7.11 Å². The van der Waals surface area contributed by atoms with E-state index in [0.29, 0.717) is 11.1 Å². The minimum atomic E-state index is -0.346. The second kappa shape index (κ2) is 7.05. The van der Waals surface area contributed by atoms with Crippen LogP contribution in [-0.4, -0.2) is 7.11 Å². The highest BCUT2D eigenvalue weighted by Crippen LogP contribution is 2.10. The van der Waals surface area contributed by atoms with Crippen LogP contribution in [0.5, 0.6) is 0 Å². The van der Waals surface area contributed by atoms with Crippen LogP contribution in [0.15, 0.2) is 18.2 Å². The minimum absolute atomic E-state index is 0.265. The van der Waals surface area contributed by atoms with E-state index in [2.05, 4.69) is 0 Å². The van der Waals surface area contributed by atoms with Crippen LogP contribution >= 0.6 is 0 Å². The Balaban J connectivity index is 0.000000791. The topological polar surface area (TPSA) is 33.0 Å². The number of halogens is 1. The van der Waals surface area contributed by atoms with E-state index < -0.39 is 0 Å². The summed E-state index contributed by atoms with van der Waals surface area (Å²) in [5.74, 6) is -0.346. The van der Waals surface area contributed by atoms with Gasteiger partial charge in [-0.15, -0.1) is 0 Å². The summed E-state index contributed by atoms with van der Waals surface area (Å²) in [6.45, 7) is 4.26. The van der Waals surface area contributed by atoms with Crippen molar-refractivity contribution in [3.05, 3.63) is 35.1 Å². The number of benzene rings is 1. The first-order chi connectivity index (χ1) is 6.77. The first kappa shape index (κ1) is 12.6. The monoisotopic (exact) mass is 195 g/mol. The van der Waals surface area contributed by atoms with E-state index in [0.717, 1.165) is 0 Å². The van der Waals surface area contributed by atoms with Gasteiger partial charge in [0.25, 0.3) is 0 Å². The van der Waals surface area contributed by atoms with Crippen molar-refractivity contribution in [3.63, 3.8) is 0 Å². The fraction of sp³-hybridized carbons (Fsp3) is 0.364. The summed E-state index contributed by atoms with van der Waals surface area (Å²) >= 11 is 0. The van der Waals surface area contributed by atoms with Gasteiger partial charge in [-0.1, -0.05) is 13.8 Å². The first-order valence-electron chi connectivity index (χ1n) is 4.45. The maximum Gasteiger partial charge on any atom is 0.123 e. The number of rotatable bonds is 2. The molecular formula is C11H14FNO. The highest BCUT2D eigenvalue weighted by atomic mass is 19.1. The van der Waals surface area contributed by atoms with Gasteiger partial charge in [-0.3, -0.25) is 0 Å². The summed E-state index contributed by atoms with van der Waals surface area (Å²) in [5, 5.41) is 8.61. The fourth-order valence-electron chi connectivity index (χ4n) is 0.946. The molecule has 0 N–H and O–H groups in total. The second-order valence-corrected chi connectivity index (χ2v) is 2.35. The lowest BCUT2D eigenvalue weighted by atomic mass is 10.1. The standard InChI is InChI=1S/C9H8FNO.C2H6/c1-12-6-8-4-9(10)3-2-7(8)5-11;1-2/h2-4H,6H2,1H3;1-2H3. The molecule has 3 heteroatoms. The Hall–Kier alpha value is -1.40. The van der Waals surface area contributed by atoms with Gasteiger partial charge >= 0.3 is 0 Å². The third kappa shape index (κ3) is 3.55. The molecule has 0 radical (unpaired) electrons. The fourth-order valence-corrected chi connectivity index (χ4v) is 0.946. The van der Waals surface area contributed by atoms with Gasteiger partial charge in [0.15, 0.2) is 0 Å². The van der Waals surface area contributed by atoms with Gasteiger partial charge < -0.3 is 4.74 Å². The van der Waals surface area contributed by atoms with Crippen LogP contribution in [0.25, 0.3) is 0 Å². The van der Waals surface area contributed by atoms with Crippen molar-refractivity contribution in [3.8, 4) is 6.07 Å². The zero-order valence-electron chi connectivity index (χ0n) is 8.67. The molecule has 0 spiro atoms. The van der Waals surface area contributed by atoms with Crippen molar-refractivity contribution in [1.82, 2.24) is 0 Å². The molecule has 0 atom stereocenters. The molecule has 0 heterocycles. The van der Waals surface area contributed by atoms with Gasteiger partial charge in [-0.2, -0.15) is 5.26 Å². The van der Waals surface area contributed by atoms with E-state index in [9.17, 15) is 4.39 Å². The molecule has 0 saturated heterocycles. The first-order valence-corrected chi connectivity index (χ1v) is 4.45. The molecule has 1 aromatic carbocycles. The molecule has 0 aliphatic carbocycles. The molecule has 0 aliphatic heterocycles. The SMILES string of the molecule is CC.COCc1cc(F)ccc1C#N. The zero-order chi connectivity index (χ0) is 11.0.